The number of phenols is 1. The number of hydrogen-bond donors (Lipinski definition) is 2. The van der Waals surface area contributed by atoms with Crippen LogP contribution >= 0.6 is 0 Å². The van der Waals surface area contributed by atoms with Gasteiger partial charge in [0.2, 0.25) is 5.91 Å². The highest BCUT2D eigenvalue weighted by Crippen LogP contribution is 2.40. The molecule has 2 N–H and O–H groups in total. The Morgan fingerprint density at radius 3 is 2.81 bits per heavy atom. The third-order valence-electron chi connectivity index (χ3n) is 3.84. The smallest absolute Gasteiger partial charge is 0.273 e. The van der Waals surface area contributed by atoms with Crippen LogP contribution in [0.3, 0.4) is 0 Å². The summed E-state index contributed by atoms with van der Waals surface area (Å²) in [5.74, 6) is -0.566. The first kappa shape index (κ1) is 15.0. The summed E-state index contributed by atoms with van der Waals surface area (Å²) in [6, 6.07) is 3.91. The lowest BCUT2D eigenvalue weighted by Crippen LogP contribution is -2.52. The minimum atomic E-state index is -0.871. The number of hydrogen-bond acceptors (Lipinski definition) is 5. The monoisotopic (exact) mass is 291 g/mol. The van der Waals surface area contributed by atoms with Gasteiger partial charge in [-0.25, -0.2) is 0 Å². The Bertz CT molecular complexity index is 602. The average molecular weight is 291 g/mol. The van der Waals surface area contributed by atoms with Crippen molar-refractivity contribution in [1.29, 1.82) is 0 Å². The number of nitro groups is 1. The van der Waals surface area contributed by atoms with Gasteiger partial charge >= 0.3 is 0 Å². The lowest BCUT2D eigenvalue weighted by molar-refractivity contribution is -0.385. The van der Waals surface area contributed by atoms with Crippen LogP contribution in [-0.2, 0) is 10.5 Å². The van der Waals surface area contributed by atoms with Crippen molar-refractivity contribution in [2.24, 2.45) is 0 Å². The summed E-state index contributed by atoms with van der Waals surface area (Å²) in [4.78, 5) is 23.8. The first-order valence-electron chi connectivity index (χ1n) is 6.54. The van der Waals surface area contributed by atoms with Crippen molar-refractivity contribution in [2.45, 2.75) is 18.5 Å². The van der Waals surface area contributed by atoms with Crippen LogP contribution in [0.1, 0.15) is 18.4 Å². The second kappa shape index (κ2) is 5.53. The zero-order chi connectivity index (χ0) is 15.6. The second-order valence-electron chi connectivity index (χ2n) is 5.04. The van der Waals surface area contributed by atoms with Crippen LogP contribution in [0, 0.1) is 10.1 Å². The van der Waals surface area contributed by atoms with Gasteiger partial charge in [-0.15, -0.1) is 0 Å². The topological polar surface area (TPSA) is 95.7 Å². The molecule has 0 unspecified atom stereocenters. The molecule has 1 aliphatic rings. The molecule has 1 heterocycles. The van der Waals surface area contributed by atoms with Crippen LogP contribution in [0.4, 0.5) is 5.69 Å². The van der Waals surface area contributed by atoms with Crippen molar-refractivity contribution in [3.05, 3.63) is 46.5 Å². The van der Waals surface area contributed by atoms with Crippen LogP contribution < -0.4 is 5.32 Å². The summed E-state index contributed by atoms with van der Waals surface area (Å²) < 4.78 is 0. The lowest BCUT2D eigenvalue weighted by atomic mass is 9.95. The molecule has 0 radical (unpaired) electrons. The van der Waals surface area contributed by atoms with E-state index in [1.165, 1.54) is 12.1 Å². The molecular weight excluding hydrogens is 274 g/mol. The number of likely N-dealkylation sites (tertiary alicyclic amines) is 1. The van der Waals surface area contributed by atoms with Crippen LogP contribution in [-0.4, -0.2) is 34.4 Å². The molecule has 112 valence electrons. The number of non-ortho nitro benzene ring substituents is 1. The van der Waals surface area contributed by atoms with Crippen LogP contribution in [0.15, 0.2) is 30.9 Å². The maximum atomic E-state index is 11.7. The summed E-state index contributed by atoms with van der Waals surface area (Å²) in [7, 11) is 1.83. The molecule has 1 saturated heterocycles. The number of nitrogens with one attached hydrogen (secondary N) is 1. The summed E-state index contributed by atoms with van der Waals surface area (Å²) in [6.07, 6.45) is 2.61. The number of nitro benzene ring substituents is 1. The van der Waals surface area contributed by atoms with Gasteiger partial charge in [-0.2, -0.15) is 0 Å². The molecule has 2 rings (SSSR count). The van der Waals surface area contributed by atoms with Gasteiger partial charge in [0.25, 0.3) is 5.69 Å². The lowest BCUT2D eigenvalue weighted by Gasteiger charge is -2.37. The third-order valence-corrected chi connectivity index (χ3v) is 3.84. The molecule has 7 nitrogen and oxygen atoms in total. The highest BCUT2D eigenvalue weighted by Gasteiger charge is 2.43. The molecule has 1 aromatic carbocycles. The predicted molar refractivity (Wildman–Crippen MR) is 76.6 cm³/mol. The zero-order valence-electron chi connectivity index (χ0n) is 11.7. The highest BCUT2D eigenvalue weighted by atomic mass is 16.6. The van der Waals surface area contributed by atoms with E-state index in [9.17, 15) is 20.0 Å². The van der Waals surface area contributed by atoms with E-state index in [2.05, 4.69) is 11.9 Å². The first-order chi connectivity index (χ1) is 9.90. The van der Waals surface area contributed by atoms with Crippen molar-refractivity contribution in [3.63, 3.8) is 0 Å². The Hall–Kier alpha value is -2.41. The normalized spacial score (nSPS) is 22.0. The van der Waals surface area contributed by atoms with Gasteiger partial charge < -0.3 is 10.4 Å². The number of benzene rings is 1. The minimum absolute atomic E-state index is 0.193. The van der Waals surface area contributed by atoms with E-state index >= 15 is 0 Å². The van der Waals surface area contributed by atoms with E-state index in [4.69, 9.17) is 0 Å². The standard InChI is InChI=1S/C14H17N3O4/c1-3-13(19)15-14(7-4-8-16(14)2)11-6-5-10(17(20)21)9-12(11)18/h3,5-6,9,18H,1,4,7-8H2,2H3,(H,15,19)/t14-/m1/s1. The van der Waals surface area contributed by atoms with Gasteiger partial charge in [-0.05, 0) is 32.0 Å². The molecule has 0 saturated carbocycles. The molecule has 1 aliphatic heterocycles. The third kappa shape index (κ3) is 2.59. The maximum Gasteiger partial charge on any atom is 0.273 e. The van der Waals surface area contributed by atoms with Crippen LogP contribution in [0.2, 0.25) is 0 Å². The van der Waals surface area contributed by atoms with E-state index in [-0.39, 0.29) is 17.3 Å². The van der Waals surface area contributed by atoms with Crippen molar-refractivity contribution >= 4 is 11.6 Å². The Labute approximate surface area is 122 Å². The molecule has 1 fully saturated rings. The van der Waals surface area contributed by atoms with Gasteiger partial charge in [-0.1, -0.05) is 6.58 Å². The molecule has 0 aliphatic carbocycles. The Kier molecular flexibility index (Phi) is 3.95. The first-order valence-corrected chi connectivity index (χ1v) is 6.54. The molecule has 7 heteroatoms. The highest BCUT2D eigenvalue weighted by molar-refractivity contribution is 5.87. The molecule has 0 bridgehead atoms. The van der Waals surface area contributed by atoms with E-state index in [1.54, 1.807) is 0 Å². The number of carbonyl (C=O) groups is 1. The van der Waals surface area contributed by atoms with Crippen LogP contribution in [0.25, 0.3) is 0 Å². The number of carbonyl (C=O) groups excluding carboxylic acids is 1. The number of nitrogens with zero attached hydrogens (tertiary/aromatic N) is 2. The molecule has 21 heavy (non-hydrogen) atoms. The predicted octanol–water partition coefficient (Wildman–Crippen LogP) is 1.48. The van der Waals surface area contributed by atoms with Crippen molar-refractivity contribution in [3.8, 4) is 5.75 Å². The Morgan fingerprint density at radius 1 is 1.62 bits per heavy atom. The van der Waals surface area contributed by atoms with Gasteiger partial charge in [0.1, 0.15) is 11.4 Å². The number of phenolic OH excluding ortho intramolecular Hbond substituents is 1. The number of rotatable bonds is 4. The second-order valence-corrected chi connectivity index (χ2v) is 5.04. The minimum Gasteiger partial charge on any atom is -0.507 e. The van der Waals surface area contributed by atoms with Crippen molar-refractivity contribution in [2.75, 3.05) is 13.6 Å². The van der Waals surface area contributed by atoms with E-state index < -0.39 is 10.6 Å². The summed E-state index contributed by atoms with van der Waals surface area (Å²) in [5, 5.41) is 23.8. The fourth-order valence-electron chi connectivity index (χ4n) is 2.76. The number of aromatic hydroxyl groups is 1. The van der Waals surface area contributed by atoms with Crippen molar-refractivity contribution in [1.82, 2.24) is 10.2 Å². The fourth-order valence-corrected chi connectivity index (χ4v) is 2.76. The molecule has 1 amide bonds. The molecule has 0 aromatic heterocycles. The van der Waals surface area contributed by atoms with Gasteiger partial charge in [0.15, 0.2) is 0 Å². The van der Waals surface area contributed by atoms with Crippen molar-refractivity contribution < 1.29 is 14.8 Å². The summed E-state index contributed by atoms with van der Waals surface area (Å²) in [6.45, 7) is 4.17. The van der Waals surface area contributed by atoms with Gasteiger partial charge in [0, 0.05) is 18.2 Å². The Morgan fingerprint density at radius 2 is 2.33 bits per heavy atom. The quantitative estimate of drug-likeness (QED) is 0.497. The summed E-state index contributed by atoms with van der Waals surface area (Å²) in [5.41, 5.74) is -0.616. The van der Waals surface area contributed by atoms with E-state index in [0.717, 1.165) is 25.1 Å². The SMILES string of the molecule is C=CC(=O)N[C@]1(c2ccc([N+](=O)[O-])cc2O)CCCN1C. The van der Waals surface area contributed by atoms with Gasteiger partial charge in [-0.3, -0.25) is 19.8 Å². The molecular formula is C14H17N3O4. The Balaban J connectivity index is 2.49. The largest absolute Gasteiger partial charge is 0.507 e. The van der Waals surface area contributed by atoms with Crippen LogP contribution in [0.5, 0.6) is 5.75 Å². The molecule has 0 spiro atoms. The average Bonchev–Trinajstić information content (AvgIpc) is 2.80. The zero-order valence-corrected chi connectivity index (χ0v) is 11.7. The fraction of sp³-hybridized carbons (Fsp3) is 0.357. The summed E-state index contributed by atoms with van der Waals surface area (Å²) >= 11 is 0. The van der Waals surface area contributed by atoms with E-state index in [0.29, 0.717) is 12.0 Å². The van der Waals surface area contributed by atoms with E-state index in [1.807, 2.05) is 11.9 Å². The number of amides is 1. The molecule has 1 atom stereocenters. The van der Waals surface area contributed by atoms with Gasteiger partial charge in [0.05, 0.1) is 11.0 Å². The maximum absolute atomic E-state index is 11.7. The molecule has 1 aromatic rings.